The van der Waals surface area contributed by atoms with Crippen LogP contribution in [-0.4, -0.2) is 50.7 Å². The highest BCUT2D eigenvalue weighted by molar-refractivity contribution is 5.88. The van der Waals surface area contributed by atoms with Gasteiger partial charge in [0, 0.05) is 45.1 Å². The number of nitrogens with zero attached hydrogens (tertiary/aromatic N) is 3. The molecule has 1 heterocycles. The van der Waals surface area contributed by atoms with Gasteiger partial charge in [-0.2, -0.15) is 5.10 Å². The molecule has 0 spiro atoms. The highest BCUT2D eigenvalue weighted by atomic mass is 16.4. The summed E-state index contributed by atoms with van der Waals surface area (Å²) in [5.41, 5.74) is 0.478. The van der Waals surface area contributed by atoms with Crippen LogP contribution in [0.4, 0.5) is 0 Å². The van der Waals surface area contributed by atoms with Crippen LogP contribution in [0.25, 0.3) is 0 Å². The van der Waals surface area contributed by atoms with Crippen LogP contribution >= 0.6 is 0 Å². The van der Waals surface area contributed by atoms with Gasteiger partial charge in [-0.05, 0) is 12.8 Å². The van der Waals surface area contributed by atoms with E-state index in [0.717, 1.165) is 12.8 Å². The summed E-state index contributed by atoms with van der Waals surface area (Å²) in [6.45, 7) is 5.50. The number of aryl methyl sites for hydroxylation is 1. The van der Waals surface area contributed by atoms with Gasteiger partial charge in [0.25, 0.3) is 0 Å². The number of aromatic nitrogens is 2. The Morgan fingerprint density at radius 2 is 1.83 bits per heavy atom. The van der Waals surface area contributed by atoms with Gasteiger partial charge in [-0.1, -0.05) is 13.8 Å². The van der Waals surface area contributed by atoms with Gasteiger partial charge in [-0.15, -0.1) is 0 Å². The maximum atomic E-state index is 12.1. The molecule has 134 valence electrons. The summed E-state index contributed by atoms with van der Waals surface area (Å²) in [5.74, 6) is -1.40. The highest BCUT2D eigenvalue weighted by Gasteiger charge is 2.17. The monoisotopic (exact) mass is 338 g/mol. The number of carbonyl (C=O) groups excluding carboxylic acids is 2. The Morgan fingerprint density at radius 3 is 2.38 bits per heavy atom. The van der Waals surface area contributed by atoms with Crippen molar-refractivity contribution in [2.75, 3.05) is 13.1 Å². The molecule has 0 aliphatic heterocycles. The summed E-state index contributed by atoms with van der Waals surface area (Å²) < 4.78 is 1.25. The Hall–Kier alpha value is -2.38. The zero-order chi connectivity index (χ0) is 18.1. The Balaban J connectivity index is 2.47. The van der Waals surface area contributed by atoms with Gasteiger partial charge in [0.1, 0.15) is 0 Å². The minimum Gasteiger partial charge on any atom is -0.477 e. The second-order valence-corrected chi connectivity index (χ2v) is 5.60. The maximum Gasteiger partial charge on any atom is 0.354 e. The van der Waals surface area contributed by atoms with E-state index in [1.165, 1.54) is 17.9 Å². The minimum absolute atomic E-state index is 0.0264. The average molecular weight is 338 g/mol. The molecule has 24 heavy (non-hydrogen) atoms. The molecule has 0 saturated carbocycles. The van der Waals surface area contributed by atoms with E-state index in [-0.39, 0.29) is 36.9 Å². The third-order valence-electron chi connectivity index (χ3n) is 3.60. The number of aromatic carboxylic acids is 1. The SMILES string of the molecule is CCCN(CCC)C(=O)CCC(=O)NCc1cnn(C)c1C(=O)O. The zero-order valence-corrected chi connectivity index (χ0v) is 14.5. The summed E-state index contributed by atoms with van der Waals surface area (Å²) in [7, 11) is 1.53. The van der Waals surface area contributed by atoms with E-state index >= 15 is 0 Å². The fourth-order valence-electron chi connectivity index (χ4n) is 2.45. The first kappa shape index (κ1) is 19.7. The summed E-state index contributed by atoms with van der Waals surface area (Å²) in [6, 6.07) is 0. The fraction of sp³-hybridized carbons (Fsp3) is 0.625. The minimum atomic E-state index is -1.09. The predicted molar refractivity (Wildman–Crippen MR) is 88.4 cm³/mol. The first-order valence-corrected chi connectivity index (χ1v) is 8.19. The van der Waals surface area contributed by atoms with Crippen molar-refractivity contribution in [2.45, 2.75) is 46.1 Å². The van der Waals surface area contributed by atoms with Crippen LogP contribution in [0, 0.1) is 0 Å². The third kappa shape index (κ3) is 5.68. The van der Waals surface area contributed by atoms with Gasteiger partial charge in [0.15, 0.2) is 5.69 Å². The van der Waals surface area contributed by atoms with Crippen molar-refractivity contribution in [3.05, 3.63) is 17.5 Å². The molecule has 0 saturated heterocycles. The van der Waals surface area contributed by atoms with Crippen LogP contribution < -0.4 is 5.32 Å². The Bertz CT molecular complexity index is 577. The molecule has 0 aliphatic carbocycles. The molecule has 8 nitrogen and oxygen atoms in total. The smallest absolute Gasteiger partial charge is 0.354 e. The molecule has 0 aromatic carbocycles. The van der Waals surface area contributed by atoms with Gasteiger partial charge in [0.2, 0.25) is 11.8 Å². The van der Waals surface area contributed by atoms with E-state index in [2.05, 4.69) is 10.4 Å². The number of hydrogen-bond acceptors (Lipinski definition) is 4. The van der Waals surface area contributed by atoms with Gasteiger partial charge in [0.05, 0.1) is 6.20 Å². The van der Waals surface area contributed by atoms with E-state index in [1.54, 1.807) is 4.90 Å². The number of amides is 2. The molecule has 0 radical (unpaired) electrons. The molecule has 0 fully saturated rings. The lowest BCUT2D eigenvalue weighted by Gasteiger charge is -2.21. The molecule has 2 amide bonds. The first-order chi connectivity index (χ1) is 11.4. The van der Waals surface area contributed by atoms with Gasteiger partial charge in [-0.3, -0.25) is 14.3 Å². The number of hydrogen-bond donors (Lipinski definition) is 2. The van der Waals surface area contributed by atoms with Crippen molar-refractivity contribution in [1.29, 1.82) is 0 Å². The Morgan fingerprint density at radius 1 is 1.21 bits per heavy atom. The van der Waals surface area contributed by atoms with Gasteiger partial charge >= 0.3 is 5.97 Å². The molecule has 2 N–H and O–H groups in total. The maximum absolute atomic E-state index is 12.1. The molecule has 1 aromatic rings. The van der Waals surface area contributed by atoms with Crippen LogP contribution in [0.1, 0.15) is 55.6 Å². The third-order valence-corrected chi connectivity index (χ3v) is 3.60. The molecule has 0 aliphatic rings. The molecule has 1 aromatic heterocycles. The summed E-state index contributed by atoms with van der Waals surface area (Å²) >= 11 is 0. The second kappa shape index (κ2) is 9.69. The van der Waals surface area contributed by atoms with Gasteiger partial charge < -0.3 is 15.3 Å². The van der Waals surface area contributed by atoms with Crippen LogP contribution in [-0.2, 0) is 23.2 Å². The largest absolute Gasteiger partial charge is 0.477 e. The predicted octanol–water partition coefficient (Wildman–Crippen LogP) is 1.16. The Labute approximate surface area is 141 Å². The molecular formula is C16H26N4O4. The van der Waals surface area contributed by atoms with Crippen LogP contribution in [0.5, 0.6) is 0 Å². The van der Waals surface area contributed by atoms with Crippen LogP contribution in [0.2, 0.25) is 0 Å². The van der Waals surface area contributed by atoms with E-state index in [1.807, 2.05) is 13.8 Å². The normalized spacial score (nSPS) is 10.5. The van der Waals surface area contributed by atoms with Crippen molar-refractivity contribution < 1.29 is 19.5 Å². The lowest BCUT2D eigenvalue weighted by atomic mass is 10.2. The lowest BCUT2D eigenvalue weighted by molar-refractivity contribution is -0.133. The number of carboxylic acid groups (broad SMARTS) is 1. The fourth-order valence-corrected chi connectivity index (χ4v) is 2.45. The van der Waals surface area contributed by atoms with Crippen molar-refractivity contribution in [2.24, 2.45) is 7.05 Å². The molecular weight excluding hydrogens is 312 g/mol. The molecule has 0 unspecified atom stereocenters. The number of rotatable bonds is 10. The van der Waals surface area contributed by atoms with E-state index < -0.39 is 5.97 Å². The first-order valence-electron chi connectivity index (χ1n) is 8.19. The van der Waals surface area contributed by atoms with Crippen molar-refractivity contribution >= 4 is 17.8 Å². The number of carbonyl (C=O) groups is 3. The van der Waals surface area contributed by atoms with E-state index in [0.29, 0.717) is 18.7 Å². The second-order valence-electron chi connectivity index (χ2n) is 5.60. The van der Waals surface area contributed by atoms with Crippen LogP contribution in [0.15, 0.2) is 6.20 Å². The average Bonchev–Trinajstić information content (AvgIpc) is 2.91. The summed E-state index contributed by atoms with van der Waals surface area (Å²) in [6.07, 6.45) is 3.43. The van der Waals surface area contributed by atoms with Crippen molar-refractivity contribution in [3.8, 4) is 0 Å². The van der Waals surface area contributed by atoms with Gasteiger partial charge in [-0.25, -0.2) is 4.79 Å². The van der Waals surface area contributed by atoms with Crippen LogP contribution in [0.3, 0.4) is 0 Å². The number of carboxylic acids is 1. The van der Waals surface area contributed by atoms with Crippen molar-refractivity contribution in [1.82, 2.24) is 20.0 Å². The summed E-state index contributed by atoms with van der Waals surface area (Å²) in [4.78, 5) is 36.9. The molecule has 0 atom stereocenters. The zero-order valence-electron chi connectivity index (χ0n) is 14.5. The topological polar surface area (TPSA) is 105 Å². The molecule has 8 heteroatoms. The highest BCUT2D eigenvalue weighted by Crippen LogP contribution is 2.07. The van der Waals surface area contributed by atoms with E-state index in [4.69, 9.17) is 5.11 Å². The summed E-state index contributed by atoms with van der Waals surface area (Å²) in [5, 5.41) is 15.6. The molecule has 1 rings (SSSR count). The quantitative estimate of drug-likeness (QED) is 0.666. The Kier molecular flexibility index (Phi) is 7.94. The molecule has 0 bridgehead atoms. The standard InChI is InChI=1S/C16H26N4O4/c1-4-8-20(9-5-2)14(22)7-6-13(21)17-10-12-11-18-19(3)15(12)16(23)24/h11H,4-10H2,1-3H3,(H,17,21)(H,23,24). The van der Waals surface area contributed by atoms with Crippen molar-refractivity contribution in [3.63, 3.8) is 0 Å². The van der Waals surface area contributed by atoms with E-state index in [9.17, 15) is 14.4 Å². The number of nitrogens with one attached hydrogen (secondary N) is 1. The lowest BCUT2D eigenvalue weighted by Crippen LogP contribution is -2.33.